The van der Waals surface area contributed by atoms with Crippen molar-refractivity contribution in [2.45, 2.75) is 13.0 Å². The molecule has 4 rings (SSSR count). The van der Waals surface area contributed by atoms with E-state index in [1.165, 1.54) is 23.0 Å². The van der Waals surface area contributed by atoms with Gasteiger partial charge in [-0.3, -0.25) is 19.8 Å². The molecular formula is C25H25FN8O. The Kier molecular flexibility index (Phi) is 7.22. The summed E-state index contributed by atoms with van der Waals surface area (Å²) in [6.45, 7) is 4.40. The van der Waals surface area contributed by atoms with Crippen molar-refractivity contribution in [1.29, 1.82) is 0 Å². The van der Waals surface area contributed by atoms with Crippen LogP contribution >= 0.6 is 0 Å². The zero-order chi connectivity index (χ0) is 24.8. The van der Waals surface area contributed by atoms with Gasteiger partial charge in [0.2, 0.25) is 0 Å². The van der Waals surface area contributed by atoms with E-state index in [1.54, 1.807) is 35.6 Å². The van der Waals surface area contributed by atoms with E-state index >= 15 is 0 Å². The monoisotopic (exact) mass is 472 g/mol. The third kappa shape index (κ3) is 5.22. The molecule has 0 aliphatic carbocycles. The normalized spacial score (nSPS) is 14.5. The number of nitrogens with two attached hydrogens (primary N) is 2. The summed E-state index contributed by atoms with van der Waals surface area (Å²) in [5, 5.41) is 3.89. The number of hydrogen-bond donors (Lipinski definition) is 2. The SMILES string of the molecule is C=Nn1ccc(-c2cnc3c(c2)C(=O)N(C(C=NCc2ccc(F)cc2)=CN)CC3)cc1=NCN. The number of aromatic nitrogens is 2. The largest absolute Gasteiger partial charge is 0.403 e. The predicted octanol–water partition coefficient (Wildman–Crippen LogP) is 2.04. The van der Waals surface area contributed by atoms with Crippen LogP contribution in [0.5, 0.6) is 0 Å². The first-order chi connectivity index (χ1) is 17.0. The van der Waals surface area contributed by atoms with Gasteiger partial charge in [-0.2, -0.15) is 5.10 Å². The highest BCUT2D eigenvalue weighted by Gasteiger charge is 2.27. The molecule has 0 bridgehead atoms. The van der Waals surface area contributed by atoms with Crippen molar-refractivity contribution in [2.75, 3.05) is 13.2 Å². The second-order valence-corrected chi connectivity index (χ2v) is 7.71. The summed E-state index contributed by atoms with van der Waals surface area (Å²) in [7, 11) is 0. The van der Waals surface area contributed by atoms with Crippen LogP contribution in [0.3, 0.4) is 0 Å². The molecule has 9 nitrogen and oxygen atoms in total. The van der Waals surface area contributed by atoms with Crippen molar-refractivity contribution in [2.24, 2.45) is 26.6 Å². The van der Waals surface area contributed by atoms with Gasteiger partial charge < -0.3 is 16.4 Å². The van der Waals surface area contributed by atoms with Crippen molar-refractivity contribution in [3.63, 3.8) is 0 Å². The van der Waals surface area contributed by atoms with Crippen LogP contribution in [0, 0.1) is 5.82 Å². The van der Waals surface area contributed by atoms with Crippen molar-refractivity contribution in [3.8, 4) is 11.1 Å². The minimum absolute atomic E-state index is 0.103. The summed E-state index contributed by atoms with van der Waals surface area (Å²) in [6.07, 6.45) is 6.94. The first-order valence-electron chi connectivity index (χ1n) is 10.9. The van der Waals surface area contributed by atoms with E-state index in [9.17, 15) is 9.18 Å². The zero-order valence-electron chi connectivity index (χ0n) is 19.0. The second-order valence-electron chi connectivity index (χ2n) is 7.71. The maximum Gasteiger partial charge on any atom is 0.260 e. The van der Waals surface area contributed by atoms with Crippen LogP contribution in [-0.2, 0) is 13.0 Å². The summed E-state index contributed by atoms with van der Waals surface area (Å²) in [5.41, 5.74) is 16.1. The lowest BCUT2D eigenvalue weighted by molar-refractivity contribution is 0.0799. The molecule has 4 N–H and O–H groups in total. The highest BCUT2D eigenvalue weighted by molar-refractivity contribution is 6.01. The van der Waals surface area contributed by atoms with Gasteiger partial charge in [-0.05, 0) is 41.5 Å². The fourth-order valence-electron chi connectivity index (χ4n) is 3.77. The molecular weight excluding hydrogens is 447 g/mol. The standard InChI is InChI=1S/C25H25FN8O/c1-29-34-9-6-18(11-24(34)32-16-28)19-10-22-23(31-14-19)7-8-33(25(22)35)21(12-27)15-30-13-17-2-4-20(26)5-3-17/h2-6,9-12,14-15H,1,7-8,13,16,27-28H2. The zero-order valence-corrected chi connectivity index (χ0v) is 19.0. The topological polar surface area (TPSA) is 127 Å². The van der Waals surface area contributed by atoms with Gasteiger partial charge in [0.05, 0.1) is 30.2 Å². The molecule has 3 heterocycles. The lowest BCUT2D eigenvalue weighted by Gasteiger charge is -2.28. The number of benzene rings is 1. The van der Waals surface area contributed by atoms with Gasteiger partial charge in [0.1, 0.15) is 5.82 Å². The summed E-state index contributed by atoms with van der Waals surface area (Å²) >= 11 is 0. The van der Waals surface area contributed by atoms with Crippen LogP contribution in [0.1, 0.15) is 21.6 Å². The Bertz CT molecular complexity index is 1370. The number of carbonyl (C=O) groups is 1. The second kappa shape index (κ2) is 10.7. The summed E-state index contributed by atoms with van der Waals surface area (Å²) in [5.74, 6) is -0.515. The van der Waals surface area contributed by atoms with E-state index in [0.717, 1.165) is 22.4 Å². The highest BCUT2D eigenvalue weighted by atomic mass is 19.1. The molecule has 0 radical (unpaired) electrons. The van der Waals surface area contributed by atoms with Crippen molar-refractivity contribution >= 4 is 18.8 Å². The van der Waals surface area contributed by atoms with Crippen LogP contribution < -0.4 is 17.0 Å². The first-order valence-corrected chi connectivity index (χ1v) is 10.9. The molecule has 0 saturated carbocycles. The van der Waals surface area contributed by atoms with Crippen LogP contribution in [0.4, 0.5) is 4.39 Å². The van der Waals surface area contributed by atoms with Crippen molar-refractivity contribution in [3.05, 3.63) is 94.9 Å². The van der Waals surface area contributed by atoms with E-state index in [1.807, 2.05) is 18.2 Å². The Labute approximate surface area is 201 Å². The van der Waals surface area contributed by atoms with Gasteiger partial charge in [0.25, 0.3) is 5.91 Å². The first kappa shape index (κ1) is 23.7. The number of pyridine rings is 2. The van der Waals surface area contributed by atoms with Crippen molar-refractivity contribution in [1.82, 2.24) is 14.6 Å². The number of hydrogen-bond acceptors (Lipinski definition) is 7. The van der Waals surface area contributed by atoms with Gasteiger partial charge in [-0.25, -0.2) is 9.07 Å². The Balaban J connectivity index is 1.58. The summed E-state index contributed by atoms with van der Waals surface area (Å²) in [4.78, 5) is 28.1. The van der Waals surface area contributed by atoms with Gasteiger partial charge in [-0.1, -0.05) is 12.1 Å². The molecule has 10 heteroatoms. The van der Waals surface area contributed by atoms with Crippen LogP contribution in [-0.4, -0.2) is 46.6 Å². The molecule has 0 unspecified atom stereocenters. The van der Waals surface area contributed by atoms with E-state index in [0.29, 0.717) is 36.3 Å². The van der Waals surface area contributed by atoms with E-state index in [4.69, 9.17) is 11.5 Å². The predicted molar refractivity (Wildman–Crippen MR) is 133 cm³/mol. The summed E-state index contributed by atoms with van der Waals surface area (Å²) < 4.78 is 14.6. The molecule has 1 amide bonds. The molecule has 0 saturated heterocycles. The van der Waals surface area contributed by atoms with Crippen LogP contribution in [0.25, 0.3) is 11.1 Å². The number of carbonyl (C=O) groups excluding carboxylic acids is 1. The highest BCUT2D eigenvalue weighted by Crippen LogP contribution is 2.25. The smallest absolute Gasteiger partial charge is 0.260 e. The number of nitrogens with zero attached hydrogens (tertiary/aromatic N) is 6. The number of rotatable bonds is 7. The average molecular weight is 473 g/mol. The Morgan fingerprint density at radius 3 is 2.71 bits per heavy atom. The van der Waals surface area contributed by atoms with E-state index in [-0.39, 0.29) is 18.4 Å². The quantitative estimate of drug-likeness (QED) is 0.510. The fraction of sp³-hybridized carbons (Fsp3) is 0.160. The molecule has 1 aromatic carbocycles. The average Bonchev–Trinajstić information content (AvgIpc) is 2.88. The van der Waals surface area contributed by atoms with Gasteiger partial charge in [0, 0.05) is 50.1 Å². The third-order valence-corrected chi connectivity index (χ3v) is 5.56. The number of amides is 1. The fourth-order valence-corrected chi connectivity index (χ4v) is 3.77. The minimum Gasteiger partial charge on any atom is -0.403 e. The lowest BCUT2D eigenvalue weighted by atomic mass is 9.99. The number of halogens is 1. The summed E-state index contributed by atoms with van der Waals surface area (Å²) in [6, 6.07) is 11.6. The molecule has 0 spiro atoms. The Hall–Kier alpha value is -4.44. The third-order valence-electron chi connectivity index (χ3n) is 5.56. The number of fused-ring (bicyclic) bond motifs is 1. The van der Waals surface area contributed by atoms with E-state index in [2.05, 4.69) is 26.8 Å². The molecule has 3 aromatic rings. The van der Waals surface area contributed by atoms with Crippen LogP contribution in [0.2, 0.25) is 0 Å². The van der Waals surface area contributed by atoms with Gasteiger partial charge >= 0.3 is 0 Å². The molecule has 0 atom stereocenters. The molecule has 0 fully saturated rings. The van der Waals surface area contributed by atoms with Crippen molar-refractivity contribution < 1.29 is 9.18 Å². The van der Waals surface area contributed by atoms with Crippen LogP contribution in [0.15, 0.2) is 81.8 Å². The minimum atomic E-state index is -0.303. The number of allylic oxidation sites excluding steroid dienone is 1. The number of aliphatic imine (C=N–C) groups is 1. The maximum atomic E-state index is 13.4. The molecule has 1 aliphatic rings. The Morgan fingerprint density at radius 2 is 2.00 bits per heavy atom. The molecule has 35 heavy (non-hydrogen) atoms. The Morgan fingerprint density at radius 1 is 1.20 bits per heavy atom. The van der Waals surface area contributed by atoms with E-state index < -0.39 is 0 Å². The van der Waals surface area contributed by atoms with Gasteiger partial charge in [-0.15, -0.1) is 0 Å². The van der Waals surface area contributed by atoms with Gasteiger partial charge in [0.15, 0.2) is 5.49 Å². The molecule has 178 valence electrons. The maximum absolute atomic E-state index is 13.4. The lowest BCUT2D eigenvalue weighted by Crippen LogP contribution is -2.38. The molecule has 2 aromatic heterocycles. The molecule has 1 aliphatic heterocycles.